The molecule has 1 fully saturated rings. The Bertz CT molecular complexity index is 317. The number of amides is 2. The van der Waals surface area contributed by atoms with Gasteiger partial charge < -0.3 is 14.8 Å². The number of nitrogens with zero attached hydrogens (tertiary/aromatic N) is 1. The van der Waals surface area contributed by atoms with Crippen LogP contribution in [-0.4, -0.2) is 54.0 Å². The lowest BCUT2D eigenvalue weighted by molar-refractivity contribution is -0.126. The molecule has 0 radical (unpaired) electrons. The summed E-state index contributed by atoms with van der Waals surface area (Å²) in [7, 11) is 1.50. The predicted octanol–water partition coefficient (Wildman–Crippen LogP) is 1.02. The highest BCUT2D eigenvalue weighted by atomic mass is 32.2. The van der Waals surface area contributed by atoms with Crippen molar-refractivity contribution < 1.29 is 19.1 Å². The quantitative estimate of drug-likeness (QED) is 0.779. The van der Waals surface area contributed by atoms with Gasteiger partial charge in [-0.25, -0.2) is 4.79 Å². The molecule has 0 saturated carbocycles. The SMILES string of the molecule is COCNC(=O)C1CSCN1C(=O)OC(C)(C)C. The third-order valence-electron chi connectivity index (χ3n) is 2.20. The Kier molecular flexibility index (Phi) is 5.28. The van der Waals surface area contributed by atoms with Crippen molar-refractivity contribution in [2.45, 2.75) is 32.4 Å². The molecule has 1 unspecified atom stereocenters. The third kappa shape index (κ3) is 4.38. The molecule has 104 valence electrons. The molecule has 1 saturated heterocycles. The van der Waals surface area contributed by atoms with Gasteiger partial charge in [-0.3, -0.25) is 9.69 Å². The van der Waals surface area contributed by atoms with Crippen LogP contribution in [0.4, 0.5) is 4.79 Å². The Morgan fingerprint density at radius 3 is 2.67 bits per heavy atom. The Labute approximate surface area is 111 Å². The Balaban J connectivity index is 2.59. The first-order chi connectivity index (χ1) is 8.35. The van der Waals surface area contributed by atoms with Crippen molar-refractivity contribution in [2.75, 3.05) is 25.5 Å². The number of hydrogen-bond donors (Lipinski definition) is 1. The lowest BCUT2D eigenvalue weighted by atomic mass is 10.2. The van der Waals surface area contributed by atoms with E-state index in [2.05, 4.69) is 5.32 Å². The molecular formula is C11H20N2O4S. The largest absolute Gasteiger partial charge is 0.444 e. The molecule has 1 aliphatic heterocycles. The molecule has 0 aromatic rings. The molecule has 0 spiro atoms. The second kappa shape index (κ2) is 6.29. The van der Waals surface area contributed by atoms with Gasteiger partial charge in [0.15, 0.2) is 0 Å². The van der Waals surface area contributed by atoms with Crippen molar-refractivity contribution in [1.82, 2.24) is 10.2 Å². The molecule has 18 heavy (non-hydrogen) atoms. The second-order valence-corrected chi connectivity index (χ2v) is 5.94. The van der Waals surface area contributed by atoms with Gasteiger partial charge in [0.05, 0.1) is 5.88 Å². The number of hydrogen-bond acceptors (Lipinski definition) is 5. The Morgan fingerprint density at radius 2 is 2.11 bits per heavy atom. The van der Waals surface area contributed by atoms with Gasteiger partial charge in [-0.2, -0.15) is 0 Å². The monoisotopic (exact) mass is 276 g/mol. The van der Waals surface area contributed by atoms with Crippen LogP contribution in [0.2, 0.25) is 0 Å². The molecule has 0 aliphatic carbocycles. The number of carbonyl (C=O) groups excluding carboxylic acids is 2. The summed E-state index contributed by atoms with van der Waals surface area (Å²) in [5.41, 5.74) is -0.558. The molecule has 0 aromatic carbocycles. The van der Waals surface area contributed by atoms with E-state index in [0.29, 0.717) is 11.6 Å². The van der Waals surface area contributed by atoms with E-state index in [1.807, 2.05) is 0 Å². The average molecular weight is 276 g/mol. The van der Waals surface area contributed by atoms with Gasteiger partial charge in [0.2, 0.25) is 5.91 Å². The number of carbonyl (C=O) groups is 2. The van der Waals surface area contributed by atoms with Crippen molar-refractivity contribution in [2.24, 2.45) is 0 Å². The molecule has 2 amide bonds. The topological polar surface area (TPSA) is 67.9 Å². The summed E-state index contributed by atoms with van der Waals surface area (Å²) in [5, 5.41) is 2.60. The number of methoxy groups -OCH3 is 1. The van der Waals surface area contributed by atoms with E-state index in [4.69, 9.17) is 9.47 Å². The minimum absolute atomic E-state index is 0.141. The fourth-order valence-electron chi connectivity index (χ4n) is 1.42. The molecule has 7 heteroatoms. The summed E-state index contributed by atoms with van der Waals surface area (Å²) in [4.78, 5) is 25.2. The summed E-state index contributed by atoms with van der Waals surface area (Å²) in [5.74, 6) is 0.835. The molecule has 1 rings (SSSR count). The van der Waals surface area contributed by atoms with Gasteiger partial charge in [-0.15, -0.1) is 11.8 Å². The van der Waals surface area contributed by atoms with Crippen LogP contribution in [-0.2, 0) is 14.3 Å². The van der Waals surface area contributed by atoms with E-state index in [1.54, 1.807) is 20.8 Å². The number of thioether (sulfide) groups is 1. The van der Waals surface area contributed by atoms with Crippen LogP contribution in [0.3, 0.4) is 0 Å². The van der Waals surface area contributed by atoms with Crippen LogP contribution in [0.25, 0.3) is 0 Å². The summed E-state index contributed by atoms with van der Waals surface area (Å²) in [6.45, 7) is 5.54. The maximum atomic E-state index is 11.9. The van der Waals surface area contributed by atoms with Crippen molar-refractivity contribution >= 4 is 23.8 Å². The van der Waals surface area contributed by atoms with Crippen LogP contribution in [0, 0.1) is 0 Å². The zero-order valence-electron chi connectivity index (χ0n) is 11.2. The van der Waals surface area contributed by atoms with E-state index in [9.17, 15) is 9.59 Å². The number of rotatable bonds is 3. The van der Waals surface area contributed by atoms with Crippen molar-refractivity contribution in [1.29, 1.82) is 0 Å². The van der Waals surface area contributed by atoms with Gasteiger partial charge in [-0.1, -0.05) is 0 Å². The van der Waals surface area contributed by atoms with Crippen LogP contribution in [0.15, 0.2) is 0 Å². The summed E-state index contributed by atoms with van der Waals surface area (Å²) >= 11 is 1.53. The first kappa shape index (κ1) is 15.1. The minimum Gasteiger partial charge on any atom is -0.444 e. The van der Waals surface area contributed by atoms with E-state index >= 15 is 0 Å². The predicted molar refractivity (Wildman–Crippen MR) is 69.2 cm³/mol. The van der Waals surface area contributed by atoms with Crippen LogP contribution in [0.5, 0.6) is 0 Å². The van der Waals surface area contributed by atoms with Gasteiger partial charge in [0, 0.05) is 12.9 Å². The molecule has 1 aliphatic rings. The minimum atomic E-state index is -0.558. The highest BCUT2D eigenvalue weighted by Crippen LogP contribution is 2.23. The maximum absolute atomic E-state index is 11.9. The fraction of sp³-hybridized carbons (Fsp3) is 0.818. The van der Waals surface area contributed by atoms with Crippen LogP contribution < -0.4 is 5.32 Å². The lowest BCUT2D eigenvalue weighted by Gasteiger charge is -2.27. The molecular weight excluding hydrogens is 256 g/mol. The van der Waals surface area contributed by atoms with Crippen LogP contribution in [0.1, 0.15) is 20.8 Å². The first-order valence-corrected chi connectivity index (χ1v) is 6.84. The van der Waals surface area contributed by atoms with Crippen molar-refractivity contribution in [3.63, 3.8) is 0 Å². The summed E-state index contributed by atoms with van der Waals surface area (Å²) in [6, 6.07) is -0.486. The lowest BCUT2D eigenvalue weighted by Crippen LogP contribution is -2.49. The van der Waals surface area contributed by atoms with Gasteiger partial charge in [0.1, 0.15) is 18.4 Å². The molecule has 6 nitrogen and oxygen atoms in total. The van der Waals surface area contributed by atoms with E-state index in [0.717, 1.165) is 0 Å². The van der Waals surface area contributed by atoms with E-state index in [-0.39, 0.29) is 12.6 Å². The number of nitrogens with one attached hydrogen (secondary N) is 1. The fourth-order valence-corrected chi connectivity index (χ4v) is 2.56. The zero-order valence-corrected chi connectivity index (χ0v) is 12.0. The standard InChI is InChI=1S/C11H20N2O4S/c1-11(2,3)17-10(15)13-7-18-5-8(13)9(14)12-6-16-4/h8H,5-7H2,1-4H3,(H,12,14). The molecule has 1 heterocycles. The molecule has 0 bridgehead atoms. The van der Waals surface area contributed by atoms with Gasteiger partial charge in [-0.05, 0) is 20.8 Å². The summed E-state index contributed by atoms with van der Waals surface area (Å²) in [6.07, 6.45) is -0.454. The smallest absolute Gasteiger partial charge is 0.411 e. The molecule has 0 aromatic heterocycles. The van der Waals surface area contributed by atoms with Gasteiger partial charge >= 0.3 is 6.09 Å². The maximum Gasteiger partial charge on any atom is 0.411 e. The third-order valence-corrected chi connectivity index (χ3v) is 3.22. The molecule has 1 atom stereocenters. The normalized spacial score (nSPS) is 19.8. The zero-order chi connectivity index (χ0) is 13.8. The summed E-state index contributed by atoms with van der Waals surface area (Å²) < 4.78 is 10.0. The number of ether oxygens (including phenoxy) is 2. The molecule has 1 N–H and O–H groups in total. The Hall–Kier alpha value is -0.950. The van der Waals surface area contributed by atoms with E-state index in [1.165, 1.54) is 23.8 Å². The van der Waals surface area contributed by atoms with Crippen LogP contribution >= 0.6 is 11.8 Å². The van der Waals surface area contributed by atoms with E-state index < -0.39 is 17.7 Å². The van der Waals surface area contributed by atoms with Crippen molar-refractivity contribution in [3.05, 3.63) is 0 Å². The van der Waals surface area contributed by atoms with Crippen molar-refractivity contribution in [3.8, 4) is 0 Å². The highest BCUT2D eigenvalue weighted by molar-refractivity contribution is 7.99. The average Bonchev–Trinajstić information content (AvgIpc) is 2.72. The second-order valence-electron chi connectivity index (χ2n) is 4.94. The highest BCUT2D eigenvalue weighted by Gasteiger charge is 2.36. The Morgan fingerprint density at radius 1 is 1.44 bits per heavy atom. The van der Waals surface area contributed by atoms with Gasteiger partial charge in [0.25, 0.3) is 0 Å². The first-order valence-electron chi connectivity index (χ1n) is 5.69.